The average Bonchev–Trinajstić information content (AvgIpc) is 1.63. The average molecular weight is 127 g/mol. The third-order valence-corrected chi connectivity index (χ3v) is 0.816. The monoisotopic (exact) mass is 127 g/mol. The van der Waals surface area contributed by atoms with Crippen molar-refractivity contribution in [3.05, 3.63) is 11.8 Å². The van der Waals surface area contributed by atoms with E-state index in [1.165, 1.54) is 0 Å². The molecular weight excluding hydrogens is 114 g/mol. The van der Waals surface area contributed by atoms with Crippen molar-refractivity contribution in [3.63, 3.8) is 0 Å². The Morgan fingerprint density at radius 2 is 2.22 bits per heavy atom. The number of allylic oxidation sites excluding steroid dienone is 2. The molecule has 0 aromatic carbocycles. The molecule has 0 aromatic rings. The van der Waals surface area contributed by atoms with E-state index in [1.807, 2.05) is 13.0 Å². The van der Waals surface area contributed by atoms with Crippen LogP contribution < -0.4 is 5.43 Å². The molecule has 3 heteroatoms. The number of nitrogens with zero attached hydrogens (tertiary/aromatic N) is 1. The first kappa shape index (κ1) is 8.14. The minimum absolute atomic E-state index is 0.513. The lowest BCUT2D eigenvalue weighted by atomic mass is 10.2. The van der Waals surface area contributed by atoms with Crippen molar-refractivity contribution < 1.29 is 0 Å². The Morgan fingerprint density at radius 3 is 2.56 bits per heavy atom. The maximum absolute atomic E-state index is 6.45. The van der Waals surface area contributed by atoms with Crippen LogP contribution in [0.25, 0.3) is 0 Å². The van der Waals surface area contributed by atoms with Crippen molar-refractivity contribution in [2.24, 2.45) is 11.1 Å². The van der Waals surface area contributed by atoms with Crippen molar-refractivity contribution in [3.8, 4) is 0 Å². The van der Waals surface area contributed by atoms with Crippen molar-refractivity contribution in [2.75, 3.05) is 0 Å². The van der Waals surface area contributed by atoms with Crippen LogP contribution in [0.4, 0.5) is 0 Å². The van der Waals surface area contributed by atoms with E-state index < -0.39 is 0 Å². The summed E-state index contributed by atoms with van der Waals surface area (Å²) in [6.45, 7) is 6.04. The largest absolute Gasteiger partial charge is 0.265 e. The predicted octanol–water partition coefficient (Wildman–Crippen LogP) is 2.08. The van der Waals surface area contributed by atoms with Gasteiger partial charge in [0, 0.05) is 5.70 Å². The maximum Gasteiger partial charge on any atom is 0.0284 e. The number of hydrogen-bond acceptors (Lipinski definition) is 2. The molecule has 0 aliphatic heterocycles. The number of nitrogens with one attached hydrogen (secondary N) is 2. The van der Waals surface area contributed by atoms with Gasteiger partial charge in [-0.25, -0.2) is 0 Å². The lowest BCUT2D eigenvalue weighted by Gasteiger charge is -1.98. The second-order valence-electron chi connectivity index (χ2n) is 2.32. The smallest absolute Gasteiger partial charge is 0.0284 e. The molecule has 2 N–H and O–H groups in total. The standard InChI is InChI=1S/C6H13N3/c1-5(2)4-6(3)8-9-7/h4-5H,1-3H3,(H2,7,8)/b6-4-. The van der Waals surface area contributed by atoms with Crippen LogP contribution in [0.15, 0.2) is 17.0 Å². The zero-order chi connectivity index (χ0) is 7.28. The molecule has 3 nitrogen and oxygen atoms in total. The van der Waals surface area contributed by atoms with E-state index in [2.05, 4.69) is 24.5 Å². The van der Waals surface area contributed by atoms with E-state index in [4.69, 9.17) is 5.53 Å². The third-order valence-electron chi connectivity index (χ3n) is 0.816. The van der Waals surface area contributed by atoms with E-state index in [0.29, 0.717) is 5.92 Å². The molecule has 0 unspecified atom stereocenters. The lowest BCUT2D eigenvalue weighted by molar-refractivity contribution is 0.743. The van der Waals surface area contributed by atoms with Crippen LogP contribution in [-0.2, 0) is 0 Å². The van der Waals surface area contributed by atoms with Crippen LogP contribution in [0.3, 0.4) is 0 Å². The van der Waals surface area contributed by atoms with Crippen molar-refractivity contribution in [2.45, 2.75) is 20.8 Å². The van der Waals surface area contributed by atoms with E-state index in [0.717, 1.165) is 5.70 Å². The summed E-state index contributed by atoms with van der Waals surface area (Å²) >= 11 is 0. The van der Waals surface area contributed by atoms with Gasteiger partial charge >= 0.3 is 0 Å². The molecule has 0 amide bonds. The first-order valence-electron chi connectivity index (χ1n) is 2.97. The summed E-state index contributed by atoms with van der Waals surface area (Å²) in [6.07, 6.45) is 2.01. The maximum atomic E-state index is 6.45. The molecule has 0 rings (SSSR count). The first-order valence-corrected chi connectivity index (χ1v) is 2.97. The molecule has 9 heavy (non-hydrogen) atoms. The van der Waals surface area contributed by atoms with Gasteiger partial charge in [-0.1, -0.05) is 25.1 Å². The molecule has 0 bridgehead atoms. The van der Waals surface area contributed by atoms with Crippen molar-refractivity contribution in [1.29, 1.82) is 5.53 Å². The molecular formula is C6H13N3. The molecule has 0 aromatic heterocycles. The van der Waals surface area contributed by atoms with E-state index in [-0.39, 0.29) is 0 Å². The van der Waals surface area contributed by atoms with E-state index in [9.17, 15) is 0 Å². The molecule has 0 fully saturated rings. The Kier molecular flexibility index (Phi) is 3.67. The van der Waals surface area contributed by atoms with Crippen LogP contribution in [0.1, 0.15) is 20.8 Å². The Hall–Kier alpha value is -0.860. The summed E-state index contributed by atoms with van der Waals surface area (Å²) in [4.78, 5) is 0. The van der Waals surface area contributed by atoms with E-state index in [1.54, 1.807) is 0 Å². The van der Waals surface area contributed by atoms with Gasteiger partial charge in [0.25, 0.3) is 0 Å². The summed E-state index contributed by atoms with van der Waals surface area (Å²) in [6, 6.07) is 0. The van der Waals surface area contributed by atoms with Crippen LogP contribution in [0.5, 0.6) is 0 Å². The van der Waals surface area contributed by atoms with Gasteiger partial charge < -0.3 is 0 Å². The zero-order valence-electron chi connectivity index (χ0n) is 6.10. The van der Waals surface area contributed by atoms with Crippen molar-refractivity contribution >= 4 is 0 Å². The second kappa shape index (κ2) is 4.06. The van der Waals surface area contributed by atoms with Gasteiger partial charge in [0.05, 0.1) is 0 Å². The molecule has 0 spiro atoms. The molecule has 0 saturated carbocycles. The Bertz CT molecular complexity index is 115. The van der Waals surface area contributed by atoms with Gasteiger partial charge in [0.1, 0.15) is 0 Å². The van der Waals surface area contributed by atoms with Gasteiger partial charge in [-0.2, -0.15) is 5.53 Å². The Balaban J connectivity index is 3.68. The predicted molar refractivity (Wildman–Crippen MR) is 36.9 cm³/mol. The summed E-state index contributed by atoms with van der Waals surface area (Å²) < 4.78 is 0. The molecule has 0 atom stereocenters. The van der Waals surface area contributed by atoms with Crippen molar-refractivity contribution in [1.82, 2.24) is 5.43 Å². The molecule has 0 aliphatic rings. The summed E-state index contributed by atoms with van der Waals surface area (Å²) in [5.41, 5.74) is 9.91. The normalized spacial score (nSPS) is 11.8. The highest BCUT2D eigenvalue weighted by Gasteiger charge is 1.87. The molecule has 52 valence electrons. The van der Waals surface area contributed by atoms with Gasteiger partial charge in [0.15, 0.2) is 0 Å². The third kappa shape index (κ3) is 5.00. The van der Waals surface area contributed by atoms with Gasteiger partial charge in [-0.3, -0.25) is 5.43 Å². The summed E-state index contributed by atoms with van der Waals surface area (Å²) in [5.74, 6) is 0.513. The minimum atomic E-state index is 0.513. The highest BCUT2D eigenvalue weighted by atomic mass is 15.4. The zero-order valence-corrected chi connectivity index (χ0v) is 6.10. The highest BCUT2D eigenvalue weighted by molar-refractivity contribution is 4.95. The van der Waals surface area contributed by atoms with Gasteiger partial charge in [-0.15, -0.1) is 0 Å². The van der Waals surface area contributed by atoms with Gasteiger partial charge in [-0.05, 0) is 12.8 Å². The molecule has 0 heterocycles. The fourth-order valence-electron chi connectivity index (χ4n) is 0.625. The van der Waals surface area contributed by atoms with Crippen LogP contribution >= 0.6 is 0 Å². The van der Waals surface area contributed by atoms with Crippen LogP contribution in [-0.4, -0.2) is 0 Å². The second-order valence-corrected chi connectivity index (χ2v) is 2.32. The number of hydrogen-bond donors (Lipinski definition) is 2. The topological polar surface area (TPSA) is 48.2 Å². The molecule has 0 saturated heterocycles. The van der Waals surface area contributed by atoms with Crippen LogP contribution in [0, 0.1) is 11.4 Å². The Morgan fingerprint density at radius 1 is 1.67 bits per heavy atom. The van der Waals surface area contributed by atoms with Gasteiger partial charge in [0.2, 0.25) is 0 Å². The van der Waals surface area contributed by atoms with Crippen LogP contribution in [0.2, 0.25) is 0 Å². The SMILES string of the molecule is C/C(=C/C(C)C)NN=N. The molecule has 0 aliphatic carbocycles. The highest BCUT2D eigenvalue weighted by Crippen LogP contribution is 1.97. The van der Waals surface area contributed by atoms with E-state index >= 15 is 0 Å². The first-order chi connectivity index (χ1) is 4.16. The molecule has 0 radical (unpaired) electrons. The Labute approximate surface area is 55.6 Å². The fourth-order valence-corrected chi connectivity index (χ4v) is 0.625. The summed E-state index contributed by atoms with van der Waals surface area (Å²) in [7, 11) is 0. The summed E-state index contributed by atoms with van der Waals surface area (Å²) in [5, 5.41) is 3.02. The fraction of sp³-hybridized carbons (Fsp3) is 0.667. The minimum Gasteiger partial charge on any atom is -0.265 e. The number of rotatable bonds is 3. The quantitative estimate of drug-likeness (QED) is 0.442. The lowest BCUT2D eigenvalue weighted by Crippen LogP contribution is -2.00.